The zero-order valence-electron chi connectivity index (χ0n) is 16.9. The Balaban J connectivity index is 1.45. The van der Waals surface area contributed by atoms with Crippen LogP contribution in [0, 0.1) is 0 Å². The number of anilines is 2. The van der Waals surface area contributed by atoms with Crippen LogP contribution in [0.2, 0.25) is 0 Å². The molecule has 6 nitrogen and oxygen atoms in total. The van der Waals surface area contributed by atoms with Crippen molar-refractivity contribution in [2.24, 2.45) is 0 Å². The average Bonchev–Trinajstić information content (AvgIpc) is 2.84. The molecule has 1 fully saturated rings. The predicted molar refractivity (Wildman–Crippen MR) is 120 cm³/mol. The van der Waals surface area contributed by atoms with E-state index in [1.165, 1.54) is 5.69 Å². The third-order valence-electron chi connectivity index (χ3n) is 5.50. The van der Waals surface area contributed by atoms with E-state index in [2.05, 4.69) is 33.0 Å². The van der Waals surface area contributed by atoms with E-state index in [1.807, 2.05) is 48.7 Å². The van der Waals surface area contributed by atoms with Crippen LogP contribution in [0.4, 0.5) is 11.5 Å². The van der Waals surface area contributed by atoms with Gasteiger partial charge in [0.2, 0.25) is 0 Å². The first-order valence-corrected chi connectivity index (χ1v) is 10.1. The van der Waals surface area contributed by atoms with Gasteiger partial charge in [-0.3, -0.25) is 4.98 Å². The standard InChI is InChI=1S/C24H23N5O/c1-30-20-8-4-7-19(16-20)28-12-14-29(15-13-28)24-21-9-2-3-10-22(21)26-23(27-24)18-6-5-11-25-17-18/h2-11,16-17H,12-15H2,1H3. The van der Waals surface area contributed by atoms with Crippen LogP contribution in [-0.4, -0.2) is 48.2 Å². The van der Waals surface area contributed by atoms with Gasteiger partial charge in [0.25, 0.3) is 0 Å². The van der Waals surface area contributed by atoms with Crippen LogP contribution in [0.5, 0.6) is 5.75 Å². The van der Waals surface area contributed by atoms with Crippen LogP contribution in [0.15, 0.2) is 73.1 Å². The molecule has 0 aliphatic carbocycles. The van der Waals surface area contributed by atoms with Crippen molar-refractivity contribution >= 4 is 22.4 Å². The molecule has 2 aromatic carbocycles. The molecule has 0 unspecified atom stereocenters. The SMILES string of the molecule is COc1cccc(N2CCN(c3nc(-c4cccnc4)nc4ccccc34)CC2)c1. The first-order chi connectivity index (χ1) is 14.8. The van der Waals surface area contributed by atoms with E-state index in [1.54, 1.807) is 13.3 Å². The van der Waals surface area contributed by atoms with Gasteiger partial charge in [0.05, 0.1) is 12.6 Å². The fraction of sp³-hybridized carbons (Fsp3) is 0.208. The number of nitrogens with zero attached hydrogens (tertiary/aromatic N) is 5. The molecule has 0 spiro atoms. The number of rotatable bonds is 4. The Hall–Kier alpha value is -3.67. The molecule has 0 radical (unpaired) electrons. The molecule has 1 aliphatic heterocycles. The Morgan fingerprint density at radius 1 is 0.833 bits per heavy atom. The van der Waals surface area contributed by atoms with Crippen LogP contribution in [0.3, 0.4) is 0 Å². The minimum Gasteiger partial charge on any atom is -0.497 e. The zero-order chi connectivity index (χ0) is 20.3. The minimum atomic E-state index is 0.715. The lowest BCUT2D eigenvalue weighted by atomic mass is 10.1. The molecule has 4 aromatic rings. The summed E-state index contributed by atoms with van der Waals surface area (Å²) in [6.07, 6.45) is 3.58. The van der Waals surface area contributed by atoms with Crippen molar-refractivity contribution in [2.75, 3.05) is 43.1 Å². The maximum atomic E-state index is 5.38. The molecule has 0 atom stereocenters. The smallest absolute Gasteiger partial charge is 0.163 e. The number of para-hydroxylation sites is 1. The number of hydrogen-bond donors (Lipinski definition) is 0. The third kappa shape index (κ3) is 3.52. The number of pyridine rings is 1. The molecule has 1 aliphatic rings. The van der Waals surface area contributed by atoms with Crippen LogP contribution in [-0.2, 0) is 0 Å². The second-order valence-corrected chi connectivity index (χ2v) is 7.31. The van der Waals surface area contributed by atoms with Crippen LogP contribution < -0.4 is 14.5 Å². The molecule has 1 saturated heterocycles. The lowest BCUT2D eigenvalue weighted by Crippen LogP contribution is -2.47. The quantitative estimate of drug-likeness (QED) is 0.518. The Morgan fingerprint density at radius 2 is 1.67 bits per heavy atom. The van der Waals surface area contributed by atoms with Crippen LogP contribution in [0.1, 0.15) is 0 Å². The molecular formula is C24H23N5O. The van der Waals surface area contributed by atoms with Crippen molar-refractivity contribution in [3.05, 3.63) is 73.1 Å². The number of aromatic nitrogens is 3. The number of piperazine rings is 1. The summed E-state index contributed by atoms with van der Waals surface area (Å²) in [7, 11) is 1.71. The molecule has 2 aromatic heterocycles. The average molecular weight is 397 g/mol. The summed E-state index contributed by atoms with van der Waals surface area (Å²) in [5, 5.41) is 1.08. The number of methoxy groups -OCH3 is 1. The second kappa shape index (κ2) is 7.99. The monoisotopic (exact) mass is 397 g/mol. The molecule has 150 valence electrons. The summed E-state index contributed by atoms with van der Waals surface area (Å²) in [6.45, 7) is 3.64. The van der Waals surface area contributed by atoms with E-state index >= 15 is 0 Å². The first kappa shape index (κ1) is 18.4. The highest BCUT2D eigenvalue weighted by atomic mass is 16.5. The maximum absolute atomic E-state index is 5.38. The van der Waals surface area contributed by atoms with E-state index in [-0.39, 0.29) is 0 Å². The Kier molecular flexibility index (Phi) is 4.89. The van der Waals surface area contributed by atoms with Crippen molar-refractivity contribution in [1.29, 1.82) is 0 Å². The van der Waals surface area contributed by atoms with Crippen molar-refractivity contribution in [3.8, 4) is 17.1 Å². The molecule has 0 saturated carbocycles. The Labute approximate surface area is 175 Å². The largest absolute Gasteiger partial charge is 0.497 e. The molecule has 3 heterocycles. The molecule has 30 heavy (non-hydrogen) atoms. The summed E-state index contributed by atoms with van der Waals surface area (Å²) < 4.78 is 5.38. The van der Waals surface area contributed by atoms with Gasteiger partial charge in [-0.05, 0) is 36.4 Å². The van der Waals surface area contributed by atoms with Gasteiger partial charge in [-0.1, -0.05) is 18.2 Å². The highest BCUT2D eigenvalue weighted by Gasteiger charge is 2.21. The second-order valence-electron chi connectivity index (χ2n) is 7.31. The number of hydrogen-bond acceptors (Lipinski definition) is 6. The summed E-state index contributed by atoms with van der Waals surface area (Å²) in [5.74, 6) is 2.59. The summed E-state index contributed by atoms with van der Waals surface area (Å²) in [6, 6.07) is 20.4. The van der Waals surface area contributed by atoms with Crippen molar-refractivity contribution in [3.63, 3.8) is 0 Å². The van der Waals surface area contributed by atoms with Crippen molar-refractivity contribution in [2.45, 2.75) is 0 Å². The predicted octanol–water partition coefficient (Wildman–Crippen LogP) is 4.03. The highest BCUT2D eigenvalue weighted by Crippen LogP contribution is 2.29. The molecule has 0 N–H and O–H groups in total. The van der Waals surface area contributed by atoms with E-state index < -0.39 is 0 Å². The lowest BCUT2D eigenvalue weighted by molar-refractivity contribution is 0.414. The highest BCUT2D eigenvalue weighted by molar-refractivity contribution is 5.91. The van der Waals surface area contributed by atoms with E-state index in [0.29, 0.717) is 5.82 Å². The fourth-order valence-corrected chi connectivity index (χ4v) is 3.91. The topological polar surface area (TPSA) is 54.4 Å². The van der Waals surface area contributed by atoms with Crippen molar-refractivity contribution < 1.29 is 4.74 Å². The molecule has 5 rings (SSSR count). The van der Waals surface area contributed by atoms with Crippen LogP contribution >= 0.6 is 0 Å². The van der Waals surface area contributed by atoms with Gasteiger partial charge >= 0.3 is 0 Å². The van der Waals surface area contributed by atoms with E-state index in [9.17, 15) is 0 Å². The molecular weight excluding hydrogens is 374 g/mol. The lowest BCUT2D eigenvalue weighted by Gasteiger charge is -2.37. The molecule has 0 bridgehead atoms. The molecule has 6 heteroatoms. The van der Waals surface area contributed by atoms with Gasteiger partial charge in [0.15, 0.2) is 5.82 Å². The summed E-state index contributed by atoms with van der Waals surface area (Å²) >= 11 is 0. The summed E-state index contributed by atoms with van der Waals surface area (Å²) in [4.78, 5) is 18.7. The van der Waals surface area contributed by atoms with Gasteiger partial charge in [-0.25, -0.2) is 9.97 Å². The Morgan fingerprint density at radius 3 is 2.47 bits per heavy atom. The number of ether oxygens (including phenoxy) is 1. The summed E-state index contributed by atoms with van der Waals surface area (Å²) in [5.41, 5.74) is 3.08. The minimum absolute atomic E-state index is 0.715. The van der Waals surface area contributed by atoms with E-state index in [4.69, 9.17) is 14.7 Å². The van der Waals surface area contributed by atoms with Gasteiger partial charge in [-0.15, -0.1) is 0 Å². The zero-order valence-corrected chi connectivity index (χ0v) is 16.9. The van der Waals surface area contributed by atoms with Gasteiger partial charge in [-0.2, -0.15) is 0 Å². The van der Waals surface area contributed by atoms with Crippen LogP contribution in [0.25, 0.3) is 22.3 Å². The van der Waals surface area contributed by atoms with Gasteiger partial charge < -0.3 is 14.5 Å². The fourth-order valence-electron chi connectivity index (χ4n) is 3.91. The normalized spacial score (nSPS) is 14.2. The number of fused-ring (bicyclic) bond motifs is 1. The molecule has 0 amide bonds. The maximum Gasteiger partial charge on any atom is 0.163 e. The first-order valence-electron chi connectivity index (χ1n) is 10.1. The van der Waals surface area contributed by atoms with Gasteiger partial charge in [0.1, 0.15) is 11.6 Å². The number of benzene rings is 2. The van der Waals surface area contributed by atoms with Gasteiger partial charge in [0, 0.05) is 61.3 Å². The third-order valence-corrected chi connectivity index (χ3v) is 5.50. The van der Waals surface area contributed by atoms with E-state index in [0.717, 1.165) is 54.2 Å². The Bertz CT molecular complexity index is 1160. The van der Waals surface area contributed by atoms with Crippen molar-refractivity contribution in [1.82, 2.24) is 15.0 Å².